The highest BCUT2D eigenvalue weighted by molar-refractivity contribution is 5.91. The van der Waals surface area contributed by atoms with Gasteiger partial charge >= 0.3 is 0 Å². The summed E-state index contributed by atoms with van der Waals surface area (Å²) in [5, 5.41) is 2.81. The number of nitrogens with one attached hydrogen (secondary N) is 1. The Labute approximate surface area is 192 Å². The quantitative estimate of drug-likeness (QED) is 0.674. The number of ether oxygens (including phenoxy) is 1. The number of carbonyl (C=O) groups excluding carboxylic acids is 2. The van der Waals surface area contributed by atoms with Crippen LogP contribution in [0.4, 0.5) is 8.78 Å². The molecule has 2 aliphatic heterocycles. The second kappa shape index (κ2) is 10.3. The van der Waals surface area contributed by atoms with Crippen molar-refractivity contribution in [2.24, 2.45) is 0 Å². The number of hydrogen-bond donors (Lipinski definition) is 1. The second-order valence-electron chi connectivity index (χ2n) is 8.76. The van der Waals surface area contributed by atoms with Gasteiger partial charge < -0.3 is 15.0 Å². The predicted octanol–water partition coefficient (Wildman–Crippen LogP) is 3.88. The van der Waals surface area contributed by atoms with Crippen molar-refractivity contribution in [2.75, 3.05) is 19.6 Å². The van der Waals surface area contributed by atoms with Crippen LogP contribution in [-0.4, -0.2) is 48.1 Å². The molecule has 2 aromatic carbocycles. The summed E-state index contributed by atoms with van der Waals surface area (Å²) < 4.78 is 32.5. The molecule has 2 heterocycles. The van der Waals surface area contributed by atoms with E-state index in [4.69, 9.17) is 4.74 Å². The molecule has 5 nitrogen and oxygen atoms in total. The summed E-state index contributed by atoms with van der Waals surface area (Å²) >= 11 is 0. The monoisotopic (exact) mass is 454 g/mol. The molecule has 7 heteroatoms. The van der Waals surface area contributed by atoms with Gasteiger partial charge in [-0.2, -0.15) is 0 Å². The Morgan fingerprint density at radius 2 is 1.82 bits per heavy atom. The van der Waals surface area contributed by atoms with Crippen molar-refractivity contribution in [3.63, 3.8) is 0 Å². The molecule has 2 aromatic rings. The van der Waals surface area contributed by atoms with E-state index in [0.717, 1.165) is 43.4 Å². The maximum absolute atomic E-state index is 13.2. The Morgan fingerprint density at radius 1 is 1.06 bits per heavy atom. The highest BCUT2D eigenvalue weighted by Gasteiger charge is 2.43. The number of halogens is 2. The van der Waals surface area contributed by atoms with Crippen molar-refractivity contribution in [1.29, 1.82) is 0 Å². The van der Waals surface area contributed by atoms with Gasteiger partial charge in [0.25, 0.3) is 0 Å². The fourth-order valence-electron chi connectivity index (χ4n) is 4.51. The standard InChI is InChI=1S/C26H28F2N2O3/c27-22-8-6-20(16-23(22)28)7-9-24(31)29-18-21-10-11-26(33-21)12-14-30(15-13-26)25(32)17-19-4-2-1-3-5-19/h1-9,16,21H,10-15,17-18H2,(H,29,31)/b9-7+. The van der Waals surface area contributed by atoms with Crippen LogP contribution < -0.4 is 5.32 Å². The third-order valence-corrected chi connectivity index (χ3v) is 6.44. The molecule has 2 fully saturated rings. The first kappa shape index (κ1) is 23.1. The van der Waals surface area contributed by atoms with Crippen molar-refractivity contribution in [3.8, 4) is 0 Å². The van der Waals surface area contributed by atoms with Gasteiger partial charge in [0.05, 0.1) is 18.1 Å². The molecular formula is C26H28F2N2O3. The molecule has 2 saturated heterocycles. The molecule has 0 saturated carbocycles. The third kappa shape index (κ3) is 6.05. The molecule has 174 valence electrons. The summed E-state index contributed by atoms with van der Waals surface area (Å²) in [6.45, 7) is 1.75. The van der Waals surface area contributed by atoms with Gasteiger partial charge in [-0.05, 0) is 55.0 Å². The number of benzene rings is 2. The van der Waals surface area contributed by atoms with Crippen molar-refractivity contribution in [3.05, 3.63) is 77.4 Å². The fourth-order valence-corrected chi connectivity index (χ4v) is 4.51. The first-order chi connectivity index (χ1) is 15.9. The molecule has 0 radical (unpaired) electrons. The number of hydrogen-bond acceptors (Lipinski definition) is 3. The number of rotatable bonds is 6. The molecule has 1 atom stereocenters. The zero-order valence-corrected chi connectivity index (χ0v) is 18.4. The normalized spacial score (nSPS) is 19.8. The lowest BCUT2D eigenvalue weighted by Crippen LogP contribution is -2.47. The molecule has 33 heavy (non-hydrogen) atoms. The Bertz CT molecular complexity index is 1020. The molecule has 2 amide bonds. The van der Waals surface area contributed by atoms with Crippen molar-refractivity contribution in [1.82, 2.24) is 10.2 Å². The molecule has 0 bridgehead atoms. The van der Waals surface area contributed by atoms with Crippen LogP contribution in [0.5, 0.6) is 0 Å². The molecule has 1 unspecified atom stereocenters. The van der Waals surface area contributed by atoms with Crippen LogP contribution in [0.2, 0.25) is 0 Å². The van der Waals surface area contributed by atoms with Gasteiger partial charge in [-0.1, -0.05) is 36.4 Å². The van der Waals surface area contributed by atoms with Gasteiger partial charge in [0.15, 0.2) is 11.6 Å². The average Bonchev–Trinajstić information content (AvgIpc) is 3.22. The Kier molecular flexibility index (Phi) is 7.18. The number of amides is 2. The number of likely N-dealkylation sites (tertiary alicyclic amines) is 1. The molecule has 1 spiro atoms. The van der Waals surface area contributed by atoms with Crippen LogP contribution >= 0.6 is 0 Å². The van der Waals surface area contributed by atoms with Crippen LogP contribution in [0.15, 0.2) is 54.6 Å². The van der Waals surface area contributed by atoms with Crippen LogP contribution in [0, 0.1) is 11.6 Å². The van der Waals surface area contributed by atoms with Crippen LogP contribution in [0.1, 0.15) is 36.8 Å². The number of piperidine rings is 1. The summed E-state index contributed by atoms with van der Waals surface area (Å²) in [5.74, 6) is -2.04. The van der Waals surface area contributed by atoms with Gasteiger partial charge in [0, 0.05) is 25.7 Å². The molecular weight excluding hydrogens is 426 g/mol. The smallest absolute Gasteiger partial charge is 0.244 e. The maximum Gasteiger partial charge on any atom is 0.244 e. The topological polar surface area (TPSA) is 58.6 Å². The molecule has 2 aliphatic rings. The molecule has 0 aromatic heterocycles. The average molecular weight is 455 g/mol. The third-order valence-electron chi connectivity index (χ3n) is 6.44. The van der Waals surface area contributed by atoms with E-state index in [1.807, 2.05) is 35.2 Å². The van der Waals surface area contributed by atoms with E-state index in [0.29, 0.717) is 31.6 Å². The summed E-state index contributed by atoms with van der Waals surface area (Å²) in [6, 6.07) is 13.2. The minimum absolute atomic E-state index is 0.0721. The first-order valence-electron chi connectivity index (χ1n) is 11.3. The molecule has 4 rings (SSSR count). The van der Waals surface area contributed by atoms with Crippen LogP contribution in [0.3, 0.4) is 0 Å². The SMILES string of the molecule is O=C(/C=C/c1ccc(F)c(F)c1)NCC1CCC2(CCN(C(=O)Cc3ccccc3)CC2)O1. The van der Waals surface area contributed by atoms with E-state index < -0.39 is 11.6 Å². The summed E-state index contributed by atoms with van der Waals surface area (Å²) in [6.07, 6.45) is 6.45. The lowest BCUT2D eigenvalue weighted by atomic mass is 9.88. The van der Waals surface area contributed by atoms with Gasteiger partial charge in [0.1, 0.15) is 0 Å². The largest absolute Gasteiger partial charge is 0.370 e. The molecule has 0 aliphatic carbocycles. The summed E-state index contributed by atoms with van der Waals surface area (Å²) in [7, 11) is 0. The highest BCUT2D eigenvalue weighted by atomic mass is 19.2. The zero-order valence-electron chi connectivity index (χ0n) is 18.4. The summed E-state index contributed by atoms with van der Waals surface area (Å²) in [4.78, 5) is 26.6. The van der Waals surface area contributed by atoms with E-state index in [1.54, 1.807) is 0 Å². The second-order valence-corrected chi connectivity index (χ2v) is 8.76. The lowest BCUT2D eigenvalue weighted by molar-refractivity contribution is -0.137. The van der Waals surface area contributed by atoms with E-state index >= 15 is 0 Å². The number of nitrogens with zero attached hydrogens (tertiary/aromatic N) is 1. The van der Waals surface area contributed by atoms with Gasteiger partial charge in [-0.15, -0.1) is 0 Å². The predicted molar refractivity (Wildman–Crippen MR) is 121 cm³/mol. The van der Waals surface area contributed by atoms with Crippen LogP contribution in [-0.2, 0) is 20.7 Å². The zero-order chi connectivity index (χ0) is 23.3. The van der Waals surface area contributed by atoms with Gasteiger partial charge in [0.2, 0.25) is 11.8 Å². The van der Waals surface area contributed by atoms with Gasteiger partial charge in [-0.25, -0.2) is 8.78 Å². The molecule has 1 N–H and O–H groups in total. The van der Waals surface area contributed by atoms with Crippen LogP contribution in [0.25, 0.3) is 6.08 Å². The number of carbonyl (C=O) groups is 2. The first-order valence-corrected chi connectivity index (χ1v) is 11.3. The van der Waals surface area contributed by atoms with E-state index in [2.05, 4.69) is 5.32 Å². The summed E-state index contributed by atoms with van der Waals surface area (Å²) in [5.41, 5.74) is 1.21. The minimum atomic E-state index is -0.949. The Morgan fingerprint density at radius 3 is 2.55 bits per heavy atom. The van der Waals surface area contributed by atoms with Gasteiger partial charge in [-0.3, -0.25) is 9.59 Å². The van der Waals surface area contributed by atoms with E-state index in [9.17, 15) is 18.4 Å². The Balaban J connectivity index is 1.20. The van der Waals surface area contributed by atoms with Crippen molar-refractivity contribution in [2.45, 2.75) is 43.8 Å². The Hall–Kier alpha value is -3.06. The van der Waals surface area contributed by atoms with E-state index in [1.165, 1.54) is 18.2 Å². The van der Waals surface area contributed by atoms with Crippen molar-refractivity contribution >= 4 is 17.9 Å². The highest BCUT2D eigenvalue weighted by Crippen LogP contribution is 2.38. The maximum atomic E-state index is 13.2. The van der Waals surface area contributed by atoms with Crippen molar-refractivity contribution < 1.29 is 23.1 Å². The fraction of sp³-hybridized carbons (Fsp3) is 0.385. The lowest BCUT2D eigenvalue weighted by Gasteiger charge is -2.39. The minimum Gasteiger partial charge on any atom is -0.370 e. The van der Waals surface area contributed by atoms with E-state index in [-0.39, 0.29) is 23.5 Å².